The molecule has 5 heteroatoms. The molecule has 23 heavy (non-hydrogen) atoms. The number of benzene rings is 1. The summed E-state index contributed by atoms with van der Waals surface area (Å²) in [5.74, 6) is 0.551. The summed E-state index contributed by atoms with van der Waals surface area (Å²) in [7, 11) is 0. The van der Waals surface area contributed by atoms with Crippen molar-refractivity contribution in [2.45, 2.75) is 25.7 Å². The minimum absolute atomic E-state index is 0. The highest BCUT2D eigenvalue weighted by Gasteiger charge is 2.57. The van der Waals surface area contributed by atoms with Crippen LogP contribution >= 0.6 is 23.7 Å². The van der Waals surface area contributed by atoms with Crippen LogP contribution in [-0.2, 0) is 11.2 Å². The summed E-state index contributed by atoms with van der Waals surface area (Å²) >= 11 is 1.79. The second-order valence-corrected chi connectivity index (χ2v) is 7.58. The van der Waals surface area contributed by atoms with Crippen LogP contribution in [0.25, 0.3) is 10.1 Å². The van der Waals surface area contributed by atoms with E-state index in [0.717, 1.165) is 32.5 Å². The van der Waals surface area contributed by atoms with Gasteiger partial charge in [-0.1, -0.05) is 18.2 Å². The molecule has 1 saturated carbocycles. The van der Waals surface area contributed by atoms with Gasteiger partial charge in [-0.2, -0.15) is 0 Å². The van der Waals surface area contributed by atoms with Gasteiger partial charge in [0, 0.05) is 17.2 Å². The summed E-state index contributed by atoms with van der Waals surface area (Å²) in [6.45, 7) is 2.90. The van der Waals surface area contributed by atoms with Crippen molar-refractivity contribution in [3.05, 3.63) is 35.2 Å². The van der Waals surface area contributed by atoms with E-state index in [0.29, 0.717) is 5.41 Å². The normalized spacial score (nSPS) is 21.8. The van der Waals surface area contributed by atoms with Gasteiger partial charge >= 0.3 is 0 Å². The number of nitrogens with one attached hydrogen (secondary N) is 2. The highest BCUT2D eigenvalue weighted by molar-refractivity contribution is 7.17. The second-order valence-electron chi connectivity index (χ2n) is 6.67. The third-order valence-corrected chi connectivity index (χ3v) is 6.37. The lowest BCUT2D eigenvalue weighted by atomic mass is 9.92. The number of thiophene rings is 1. The average molecular weight is 351 g/mol. The molecule has 2 N–H and O–H groups in total. The van der Waals surface area contributed by atoms with E-state index in [2.05, 4.69) is 40.3 Å². The molecule has 124 valence electrons. The molecule has 4 rings (SSSR count). The van der Waals surface area contributed by atoms with E-state index in [1.807, 2.05) is 0 Å². The molecule has 3 nitrogen and oxygen atoms in total. The molecule has 2 aliphatic rings. The third-order valence-electron chi connectivity index (χ3n) is 5.36. The molecule has 0 radical (unpaired) electrons. The zero-order valence-corrected chi connectivity index (χ0v) is 14.8. The van der Waals surface area contributed by atoms with Crippen molar-refractivity contribution in [1.29, 1.82) is 0 Å². The molecule has 1 aliphatic carbocycles. The van der Waals surface area contributed by atoms with Gasteiger partial charge in [-0.05, 0) is 66.6 Å². The smallest absolute Gasteiger partial charge is 0.223 e. The Morgan fingerprint density at radius 1 is 1.30 bits per heavy atom. The van der Waals surface area contributed by atoms with E-state index in [4.69, 9.17) is 0 Å². The Balaban J connectivity index is 0.00000156. The fourth-order valence-electron chi connectivity index (χ4n) is 3.87. The molecule has 0 bridgehead atoms. The molecule has 1 atom stereocenters. The maximum atomic E-state index is 12.3. The minimum atomic E-state index is 0. The number of rotatable bonds is 4. The molecule has 2 fully saturated rings. The number of fused-ring (bicyclic) bond motifs is 1. The zero-order valence-electron chi connectivity index (χ0n) is 13.1. The minimum Gasteiger partial charge on any atom is -0.356 e. The SMILES string of the molecule is Cl.O=C(NCCc1csc2ccccc12)C1CC12CCNCC2. The van der Waals surface area contributed by atoms with E-state index in [9.17, 15) is 4.79 Å². The molecule has 1 spiro atoms. The molecular formula is C18H23ClN2OS. The Bertz CT molecular complexity index is 693. The van der Waals surface area contributed by atoms with Crippen LogP contribution in [-0.4, -0.2) is 25.5 Å². The van der Waals surface area contributed by atoms with Gasteiger partial charge in [-0.25, -0.2) is 0 Å². The monoisotopic (exact) mass is 350 g/mol. The van der Waals surface area contributed by atoms with Crippen molar-refractivity contribution in [3.8, 4) is 0 Å². The van der Waals surface area contributed by atoms with Crippen molar-refractivity contribution in [2.75, 3.05) is 19.6 Å². The van der Waals surface area contributed by atoms with Gasteiger partial charge in [-0.15, -0.1) is 23.7 Å². The fourth-order valence-corrected chi connectivity index (χ4v) is 4.86. The van der Waals surface area contributed by atoms with Crippen LogP contribution in [0.4, 0.5) is 0 Å². The predicted molar refractivity (Wildman–Crippen MR) is 98.4 cm³/mol. The first-order valence-electron chi connectivity index (χ1n) is 8.22. The Labute approximate surface area is 147 Å². The van der Waals surface area contributed by atoms with Crippen LogP contribution in [0.5, 0.6) is 0 Å². The van der Waals surface area contributed by atoms with Gasteiger partial charge in [0.05, 0.1) is 0 Å². The third kappa shape index (κ3) is 3.25. The number of hydrogen-bond donors (Lipinski definition) is 2. The largest absolute Gasteiger partial charge is 0.356 e. The van der Waals surface area contributed by atoms with Crippen LogP contribution in [0.3, 0.4) is 0 Å². The van der Waals surface area contributed by atoms with Crippen LogP contribution in [0.1, 0.15) is 24.8 Å². The topological polar surface area (TPSA) is 41.1 Å². The standard InChI is InChI=1S/C18H22N2OS.ClH/c21-17(15-11-18(15)6-9-19-10-7-18)20-8-5-13-12-22-16-4-2-1-3-14(13)16;/h1-4,12,15,19H,5-11H2,(H,20,21);1H. The van der Waals surface area contributed by atoms with Crippen LogP contribution < -0.4 is 10.6 Å². The van der Waals surface area contributed by atoms with E-state index in [-0.39, 0.29) is 24.2 Å². The van der Waals surface area contributed by atoms with Gasteiger partial charge < -0.3 is 10.6 Å². The van der Waals surface area contributed by atoms with Gasteiger partial charge in [0.25, 0.3) is 0 Å². The summed E-state index contributed by atoms with van der Waals surface area (Å²) < 4.78 is 1.33. The van der Waals surface area contributed by atoms with Gasteiger partial charge in [0.2, 0.25) is 5.91 Å². The first kappa shape index (κ1) is 16.7. The highest BCUT2D eigenvalue weighted by atomic mass is 35.5. The van der Waals surface area contributed by atoms with Crippen molar-refractivity contribution in [3.63, 3.8) is 0 Å². The first-order chi connectivity index (χ1) is 10.8. The Hall–Kier alpha value is -1.10. The number of hydrogen-bond acceptors (Lipinski definition) is 3. The number of carbonyl (C=O) groups excluding carboxylic acids is 1. The molecule has 1 saturated heterocycles. The van der Waals surface area contributed by atoms with E-state index >= 15 is 0 Å². The number of halogens is 1. The summed E-state index contributed by atoms with van der Waals surface area (Å²) in [6, 6.07) is 8.50. The number of piperidine rings is 1. The van der Waals surface area contributed by atoms with Gasteiger partial charge in [0.15, 0.2) is 0 Å². The molecule has 1 aromatic heterocycles. The van der Waals surface area contributed by atoms with Crippen molar-refractivity contribution < 1.29 is 4.79 Å². The summed E-state index contributed by atoms with van der Waals surface area (Å²) in [4.78, 5) is 12.3. The molecule has 1 aliphatic heterocycles. The summed E-state index contributed by atoms with van der Waals surface area (Å²) in [5.41, 5.74) is 1.69. The van der Waals surface area contributed by atoms with Gasteiger partial charge in [-0.3, -0.25) is 4.79 Å². The lowest BCUT2D eigenvalue weighted by Crippen LogP contribution is -2.34. The predicted octanol–water partition coefficient (Wildman–Crippen LogP) is 3.37. The van der Waals surface area contributed by atoms with Crippen LogP contribution in [0, 0.1) is 11.3 Å². The van der Waals surface area contributed by atoms with E-state index < -0.39 is 0 Å². The maximum absolute atomic E-state index is 12.3. The van der Waals surface area contributed by atoms with E-state index in [1.54, 1.807) is 11.3 Å². The zero-order chi connectivity index (χ0) is 15.0. The van der Waals surface area contributed by atoms with Crippen LogP contribution in [0.15, 0.2) is 29.6 Å². The second kappa shape index (κ2) is 6.80. The van der Waals surface area contributed by atoms with Crippen molar-refractivity contribution in [1.82, 2.24) is 10.6 Å². The maximum Gasteiger partial charge on any atom is 0.223 e. The van der Waals surface area contributed by atoms with Crippen molar-refractivity contribution >= 4 is 39.7 Å². The first-order valence-corrected chi connectivity index (χ1v) is 9.10. The van der Waals surface area contributed by atoms with Crippen LogP contribution in [0.2, 0.25) is 0 Å². The lowest BCUT2D eigenvalue weighted by Gasteiger charge is -2.23. The summed E-state index contributed by atoms with van der Waals surface area (Å²) in [5, 5.41) is 10.1. The molecule has 1 aromatic carbocycles. The molecule has 2 heterocycles. The molecule has 1 amide bonds. The van der Waals surface area contributed by atoms with Crippen molar-refractivity contribution in [2.24, 2.45) is 11.3 Å². The quantitative estimate of drug-likeness (QED) is 0.887. The Morgan fingerprint density at radius 3 is 2.91 bits per heavy atom. The molecular weight excluding hydrogens is 328 g/mol. The number of carbonyl (C=O) groups is 1. The summed E-state index contributed by atoms with van der Waals surface area (Å²) in [6.07, 6.45) is 4.36. The highest BCUT2D eigenvalue weighted by Crippen LogP contribution is 2.58. The lowest BCUT2D eigenvalue weighted by molar-refractivity contribution is -0.123. The van der Waals surface area contributed by atoms with Gasteiger partial charge in [0.1, 0.15) is 0 Å². The Kier molecular flexibility index (Phi) is 4.95. The Morgan fingerprint density at radius 2 is 2.09 bits per heavy atom. The average Bonchev–Trinajstić information content (AvgIpc) is 3.08. The molecule has 1 unspecified atom stereocenters. The molecule has 2 aromatic rings. The number of amides is 1. The fraction of sp³-hybridized carbons (Fsp3) is 0.500. The van der Waals surface area contributed by atoms with E-state index in [1.165, 1.54) is 28.5 Å².